The number of carbonyl (C=O) groups is 2. The van der Waals surface area contributed by atoms with E-state index in [1.54, 1.807) is 11.8 Å². The van der Waals surface area contributed by atoms with E-state index >= 15 is 0 Å². The summed E-state index contributed by atoms with van der Waals surface area (Å²) in [6.07, 6.45) is -0.487. The van der Waals surface area contributed by atoms with Gasteiger partial charge in [-0.05, 0) is 146 Å². The zero-order chi connectivity index (χ0) is 28.6. The van der Waals surface area contributed by atoms with Crippen molar-refractivity contribution < 1.29 is 14.3 Å². The van der Waals surface area contributed by atoms with Gasteiger partial charge in [0.1, 0.15) is 0 Å². The van der Waals surface area contributed by atoms with Gasteiger partial charge in [-0.15, -0.1) is 0 Å². The van der Waals surface area contributed by atoms with Gasteiger partial charge in [-0.3, -0.25) is 4.79 Å². The van der Waals surface area contributed by atoms with Crippen LogP contribution >= 0.6 is 0 Å². The molecular weight excluding hydrogens is 460 g/mol. The Balaban J connectivity index is 2.71. The van der Waals surface area contributed by atoms with Crippen LogP contribution in [0.2, 0.25) is 0 Å². The first kappa shape index (κ1) is 30.4. The first-order chi connectivity index (χ1) is 17.0. The zero-order valence-electron chi connectivity index (χ0n) is 25.7. The summed E-state index contributed by atoms with van der Waals surface area (Å²) >= 11 is 0. The second kappa shape index (κ2) is 11.3. The van der Waals surface area contributed by atoms with Gasteiger partial charge in [-0.2, -0.15) is 0 Å². The van der Waals surface area contributed by atoms with Crippen LogP contribution in [-0.4, -0.2) is 36.0 Å². The normalized spacial score (nSPS) is 11.6. The number of nitrogens with zero attached hydrogens (tertiary/aromatic N) is 1. The van der Waals surface area contributed by atoms with Gasteiger partial charge in [0.2, 0.25) is 5.91 Å². The summed E-state index contributed by atoms with van der Waals surface area (Å²) < 4.78 is 6.48. The first-order valence-electron chi connectivity index (χ1n) is 13.4. The highest BCUT2D eigenvalue weighted by atomic mass is 16.6. The Morgan fingerprint density at radius 3 is 1.32 bits per heavy atom. The lowest BCUT2D eigenvalue weighted by Crippen LogP contribution is -2.43. The first-order valence-corrected chi connectivity index (χ1v) is 13.4. The Bertz CT molecular complexity index is 1100. The van der Waals surface area contributed by atoms with Crippen molar-refractivity contribution in [3.8, 4) is 0 Å². The number of rotatable bonds is 7. The number of hydrogen-bond donors (Lipinski definition) is 1. The maximum Gasteiger partial charge on any atom is 0.408 e. The van der Waals surface area contributed by atoms with Gasteiger partial charge >= 0.3 is 6.09 Å². The third kappa shape index (κ3) is 5.56. The summed E-state index contributed by atoms with van der Waals surface area (Å²) in [6, 6.07) is 0.0632. The van der Waals surface area contributed by atoms with Crippen LogP contribution in [0, 0.1) is 69.2 Å². The molecule has 0 aromatic heterocycles. The molecule has 2 rings (SSSR count). The third-order valence-electron chi connectivity index (χ3n) is 8.90. The van der Waals surface area contributed by atoms with Crippen molar-refractivity contribution in [3.63, 3.8) is 0 Å². The van der Waals surface area contributed by atoms with Crippen LogP contribution in [0.15, 0.2) is 0 Å². The lowest BCUT2D eigenvalue weighted by molar-refractivity contribution is -0.130. The average Bonchev–Trinajstić information content (AvgIpc) is 2.81. The van der Waals surface area contributed by atoms with Crippen LogP contribution in [0.25, 0.3) is 0 Å². The van der Waals surface area contributed by atoms with Crippen LogP contribution in [0.4, 0.5) is 4.79 Å². The van der Waals surface area contributed by atoms with Crippen LogP contribution in [0.5, 0.6) is 0 Å². The molecular formula is C32H48N2O3. The fourth-order valence-corrected chi connectivity index (χ4v) is 5.94. The highest BCUT2D eigenvalue weighted by molar-refractivity contribution is 5.74. The monoisotopic (exact) mass is 508 g/mol. The van der Waals surface area contributed by atoms with Crippen LogP contribution in [0.1, 0.15) is 94.5 Å². The zero-order valence-corrected chi connectivity index (χ0v) is 25.7. The Morgan fingerprint density at radius 1 is 0.703 bits per heavy atom. The molecule has 0 aliphatic carbocycles. The highest BCUT2D eigenvalue weighted by Gasteiger charge is 2.40. The van der Waals surface area contributed by atoms with E-state index in [4.69, 9.17) is 4.74 Å². The molecule has 37 heavy (non-hydrogen) atoms. The lowest BCUT2D eigenvalue weighted by Gasteiger charge is -2.38. The molecule has 0 spiro atoms. The molecule has 0 atom stereocenters. The average molecular weight is 509 g/mol. The molecule has 0 saturated heterocycles. The second-order valence-corrected chi connectivity index (χ2v) is 11.2. The molecule has 2 aromatic carbocycles. The maximum absolute atomic E-state index is 13.4. The smallest absolute Gasteiger partial charge is 0.408 e. The molecule has 0 unspecified atom stereocenters. The van der Waals surface area contributed by atoms with Gasteiger partial charge in [0.05, 0.1) is 0 Å². The molecule has 0 bridgehead atoms. The van der Waals surface area contributed by atoms with Crippen LogP contribution in [-0.2, 0) is 15.1 Å². The Morgan fingerprint density at radius 2 is 1.03 bits per heavy atom. The van der Waals surface area contributed by atoms with E-state index in [0.717, 1.165) is 33.4 Å². The molecule has 5 heteroatoms. The number of alkyl carbamates (subject to hydrolysis) is 1. The number of benzene rings is 2. The van der Waals surface area contributed by atoms with Gasteiger partial charge in [0.25, 0.3) is 0 Å². The summed E-state index contributed by atoms with van der Waals surface area (Å²) in [5.74, 6) is -0.0104. The molecule has 1 N–H and O–H groups in total. The summed E-state index contributed by atoms with van der Waals surface area (Å²) in [5.41, 5.74) is 13.1. The highest BCUT2D eigenvalue weighted by Crippen LogP contribution is 2.45. The van der Waals surface area contributed by atoms with E-state index in [-0.39, 0.29) is 11.9 Å². The third-order valence-corrected chi connectivity index (χ3v) is 8.90. The molecule has 0 aliphatic heterocycles. The van der Waals surface area contributed by atoms with Crippen molar-refractivity contribution >= 4 is 12.0 Å². The summed E-state index contributed by atoms with van der Waals surface area (Å²) in [5, 5.41) is 2.92. The molecule has 2 amide bonds. The van der Waals surface area contributed by atoms with Crippen LogP contribution in [0.3, 0.4) is 0 Å². The minimum atomic E-state index is -1.00. The Labute approximate surface area is 225 Å². The summed E-state index contributed by atoms with van der Waals surface area (Å²) in [6.45, 7) is 29.7. The maximum atomic E-state index is 13.4. The molecule has 0 fully saturated rings. The van der Waals surface area contributed by atoms with Gasteiger partial charge in [0, 0.05) is 37.2 Å². The van der Waals surface area contributed by atoms with Crippen molar-refractivity contribution in [2.75, 3.05) is 13.1 Å². The number of ether oxygens (including phenoxy) is 1. The Kier molecular flexibility index (Phi) is 9.27. The van der Waals surface area contributed by atoms with Gasteiger partial charge in [-0.25, -0.2) is 4.79 Å². The minimum absolute atomic E-state index is 0.0104. The predicted molar refractivity (Wildman–Crippen MR) is 154 cm³/mol. The molecule has 0 saturated carbocycles. The predicted octanol–water partition coefficient (Wildman–Crippen LogP) is 7.02. The topological polar surface area (TPSA) is 58.6 Å². The van der Waals surface area contributed by atoms with Crippen LogP contribution < -0.4 is 5.32 Å². The second-order valence-electron chi connectivity index (χ2n) is 11.2. The van der Waals surface area contributed by atoms with Crippen molar-refractivity contribution in [1.82, 2.24) is 10.2 Å². The molecule has 204 valence electrons. The summed E-state index contributed by atoms with van der Waals surface area (Å²) in [7, 11) is 0. The fourth-order valence-electron chi connectivity index (χ4n) is 5.94. The Hall–Kier alpha value is -2.82. The number of hydrogen-bond acceptors (Lipinski definition) is 3. The standard InChI is InChI=1S/C32H48N2O3/c1-17(2)34(28(13)35)16-15-33-31(36)37-32(14,29-24(9)20(5)18(3)21(6)25(29)10)30-26(11)22(7)19(4)23(8)27(30)12/h17H,15-16H2,1-14H3,(H,33,36). The van der Waals surface area contributed by atoms with Crippen molar-refractivity contribution in [2.45, 2.75) is 109 Å². The van der Waals surface area contributed by atoms with Crippen molar-refractivity contribution in [3.05, 3.63) is 66.8 Å². The van der Waals surface area contributed by atoms with Gasteiger partial charge in [0.15, 0.2) is 5.60 Å². The largest absolute Gasteiger partial charge is 0.433 e. The molecule has 0 heterocycles. The molecule has 0 radical (unpaired) electrons. The SMILES string of the molecule is CC(=O)N(CCNC(=O)OC(C)(c1c(C)c(C)c(C)c(C)c1C)c1c(C)c(C)c(C)c(C)c1C)C(C)C. The number of amides is 2. The van der Waals surface area contributed by atoms with Crippen molar-refractivity contribution in [2.24, 2.45) is 0 Å². The van der Waals surface area contributed by atoms with E-state index in [1.165, 1.54) is 33.4 Å². The van der Waals surface area contributed by atoms with Crippen molar-refractivity contribution in [1.29, 1.82) is 0 Å². The minimum Gasteiger partial charge on any atom is -0.433 e. The quantitative estimate of drug-likeness (QED) is 0.437. The molecule has 5 nitrogen and oxygen atoms in total. The van der Waals surface area contributed by atoms with Gasteiger partial charge in [-0.1, -0.05) is 0 Å². The summed E-state index contributed by atoms with van der Waals surface area (Å²) in [4.78, 5) is 27.1. The van der Waals surface area contributed by atoms with Gasteiger partial charge < -0.3 is 15.0 Å². The van der Waals surface area contributed by atoms with E-state index in [9.17, 15) is 9.59 Å². The number of carbonyl (C=O) groups excluding carboxylic acids is 2. The van der Waals surface area contributed by atoms with E-state index in [1.807, 2.05) is 20.8 Å². The number of nitrogens with one attached hydrogen (secondary N) is 1. The van der Waals surface area contributed by atoms with E-state index < -0.39 is 11.7 Å². The molecule has 2 aromatic rings. The molecule has 0 aliphatic rings. The fraction of sp³-hybridized carbons (Fsp3) is 0.562. The van der Waals surface area contributed by atoms with E-state index in [2.05, 4.69) is 74.6 Å². The van der Waals surface area contributed by atoms with E-state index in [0.29, 0.717) is 13.1 Å². The lowest BCUT2D eigenvalue weighted by atomic mass is 9.74.